The van der Waals surface area contributed by atoms with Crippen LogP contribution in [0.1, 0.15) is 12.0 Å². The molecule has 0 saturated carbocycles. The van der Waals surface area contributed by atoms with Gasteiger partial charge in [-0.05, 0) is 36.6 Å². The third-order valence-electron chi connectivity index (χ3n) is 3.53. The fourth-order valence-electron chi connectivity index (χ4n) is 2.30. The summed E-state index contributed by atoms with van der Waals surface area (Å²) in [4.78, 5) is 4.39. The van der Waals surface area contributed by atoms with Gasteiger partial charge in [0.1, 0.15) is 0 Å². The lowest BCUT2D eigenvalue weighted by Gasteiger charge is -2.08. The van der Waals surface area contributed by atoms with E-state index in [1.165, 1.54) is 5.56 Å². The maximum atomic E-state index is 6.01. The van der Waals surface area contributed by atoms with Gasteiger partial charge >= 0.3 is 0 Å². The van der Waals surface area contributed by atoms with Crippen molar-refractivity contribution in [1.82, 2.24) is 15.2 Å². The number of aryl methyl sites for hydroxylation is 1. The number of nitrogens with one attached hydrogen (secondary N) is 2. The first-order valence-corrected chi connectivity index (χ1v) is 8.66. The predicted octanol–water partition coefficient (Wildman–Crippen LogP) is 4.97. The van der Waals surface area contributed by atoms with Crippen molar-refractivity contribution < 1.29 is 0 Å². The lowest BCUT2D eigenvalue weighted by Crippen LogP contribution is -2.07. The molecule has 128 valence electrons. The van der Waals surface area contributed by atoms with Gasteiger partial charge in [-0.15, -0.1) is 5.10 Å². The maximum absolute atomic E-state index is 6.01. The first-order valence-electron chi connectivity index (χ1n) is 7.90. The van der Waals surface area contributed by atoms with Crippen LogP contribution in [0.15, 0.2) is 54.7 Å². The minimum atomic E-state index is 0.395. The summed E-state index contributed by atoms with van der Waals surface area (Å²) in [5.74, 6) is 1.07. The highest BCUT2D eigenvalue weighted by atomic mass is 35.5. The van der Waals surface area contributed by atoms with Crippen LogP contribution in [0.25, 0.3) is 0 Å². The van der Waals surface area contributed by atoms with Crippen LogP contribution in [-0.2, 0) is 6.42 Å². The Morgan fingerprint density at radius 1 is 0.960 bits per heavy atom. The first-order chi connectivity index (χ1) is 12.2. The minimum Gasteiger partial charge on any atom is -0.369 e. The summed E-state index contributed by atoms with van der Waals surface area (Å²) in [6.07, 6.45) is 3.62. The summed E-state index contributed by atoms with van der Waals surface area (Å²) in [5.41, 5.74) is 2.07. The molecule has 0 aliphatic carbocycles. The zero-order chi connectivity index (χ0) is 17.5. The van der Waals surface area contributed by atoms with Crippen molar-refractivity contribution in [1.29, 1.82) is 0 Å². The number of hydrogen-bond donors (Lipinski definition) is 2. The average molecular weight is 374 g/mol. The van der Waals surface area contributed by atoms with E-state index < -0.39 is 0 Å². The Kier molecular flexibility index (Phi) is 6.04. The molecule has 3 rings (SSSR count). The molecule has 0 spiro atoms. The fraction of sp³-hybridized carbons (Fsp3) is 0.167. The highest BCUT2D eigenvalue weighted by Gasteiger charge is 2.04. The van der Waals surface area contributed by atoms with Gasteiger partial charge < -0.3 is 10.6 Å². The van der Waals surface area contributed by atoms with Gasteiger partial charge in [0.25, 0.3) is 0 Å². The second kappa shape index (κ2) is 8.65. The van der Waals surface area contributed by atoms with Gasteiger partial charge in [-0.25, -0.2) is 0 Å². The van der Waals surface area contributed by atoms with Gasteiger partial charge in [-0.3, -0.25) is 0 Å². The lowest BCUT2D eigenvalue weighted by atomic mass is 10.1. The van der Waals surface area contributed by atoms with Crippen molar-refractivity contribution in [2.24, 2.45) is 0 Å². The van der Waals surface area contributed by atoms with Crippen LogP contribution in [0.2, 0.25) is 10.0 Å². The number of halogens is 2. The molecule has 1 heterocycles. The number of anilines is 3. The first kappa shape index (κ1) is 17.5. The molecule has 0 saturated heterocycles. The molecular formula is C18H17Cl2N5. The summed E-state index contributed by atoms with van der Waals surface area (Å²) in [7, 11) is 0. The molecule has 0 bridgehead atoms. The molecule has 25 heavy (non-hydrogen) atoms. The van der Waals surface area contributed by atoms with Crippen molar-refractivity contribution in [2.45, 2.75) is 12.8 Å². The molecule has 1 aromatic heterocycles. The Labute approximate surface area is 156 Å². The topological polar surface area (TPSA) is 62.7 Å². The summed E-state index contributed by atoms with van der Waals surface area (Å²) in [6, 6.07) is 15.6. The average Bonchev–Trinajstić information content (AvgIpc) is 2.63. The van der Waals surface area contributed by atoms with Crippen LogP contribution in [-0.4, -0.2) is 21.7 Å². The molecule has 7 heteroatoms. The second-order valence-corrected chi connectivity index (χ2v) is 6.25. The molecule has 3 aromatic rings. The third kappa shape index (κ3) is 5.31. The monoisotopic (exact) mass is 373 g/mol. The van der Waals surface area contributed by atoms with Crippen molar-refractivity contribution in [3.63, 3.8) is 0 Å². The van der Waals surface area contributed by atoms with Crippen LogP contribution >= 0.6 is 23.2 Å². The smallest absolute Gasteiger partial charge is 0.249 e. The van der Waals surface area contributed by atoms with Gasteiger partial charge in [0.15, 0.2) is 5.82 Å². The van der Waals surface area contributed by atoms with E-state index in [1.807, 2.05) is 6.07 Å². The van der Waals surface area contributed by atoms with Gasteiger partial charge in [0.2, 0.25) is 5.95 Å². The van der Waals surface area contributed by atoms with Gasteiger partial charge in [0, 0.05) is 12.2 Å². The summed E-state index contributed by atoms with van der Waals surface area (Å²) >= 11 is 11.9. The van der Waals surface area contributed by atoms with E-state index in [-0.39, 0.29) is 0 Å². The number of hydrogen-bond acceptors (Lipinski definition) is 5. The Morgan fingerprint density at radius 2 is 1.80 bits per heavy atom. The second-order valence-electron chi connectivity index (χ2n) is 5.44. The highest BCUT2D eigenvalue weighted by Crippen LogP contribution is 2.26. The Balaban J connectivity index is 1.53. The zero-order valence-corrected chi connectivity index (χ0v) is 14.9. The molecule has 2 N–H and O–H groups in total. The minimum absolute atomic E-state index is 0.395. The predicted molar refractivity (Wildman–Crippen MR) is 103 cm³/mol. The van der Waals surface area contributed by atoms with E-state index in [1.54, 1.807) is 24.4 Å². The molecule has 0 aliphatic heterocycles. The molecule has 0 radical (unpaired) electrons. The van der Waals surface area contributed by atoms with E-state index in [2.05, 4.69) is 50.1 Å². The molecular weight excluding hydrogens is 357 g/mol. The number of nitrogens with zero attached hydrogens (tertiary/aromatic N) is 3. The molecule has 0 amide bonds. The lowest BCUT2D eigenvalue weighted by molar-refractivity contribution is 0.853. The molecule has 5 nitrogen and oxygen atoms in total. The van der Waals surface area contributed by atoms with Crippen molar-refractivity contribution in [3.05, 3.63) is 70.3 Å². The van der Waals surface area contributed by atoms with Crippen LogP contribution in [0, 0.1) is 0 Å². The van der Waals surface area contributed by atoms with E-state index in [0.29, 0.717) is 21.8 Å². The highest BCUT2D eigenvalue weighted by molar-refractivity contribution is 6.42. The number of aromatic nitrogens is 3. The van der Waals surface area contributed by atoms with Crippen molar-refractivity contribution in [2.75, 3.05) is 17.2 Å². The Hall–Kier alpha value is -2.37. The Morgan fingerprint density at radius 3 is 2.60 bits per heavy atom. The van der Waals surface area contributed by atoms with Gasteiger partial charge in [-0.2, -0.15) is 10.1 Å². The zero-order valence-electron chi connectivity index (χ0n) is 13.4. The molecule has 0 atom stereocenters. The largest absolute Gasteiger partial charge is 0.369 e. The number of benzene rings is 2. The normalized spacial score (nSPS) is 10.5. The standard InChI is InChI=1S/C18H17Cl2N5/c19-15-9-8-14(11-16(15)20)23-18-24-17(12-22-25-18)21-10-4-7-13-5-2-1-3-6-13/h1-3,5-6,8-9,11-12H,4,7,10H2,(H2,21,23,24,25). The van der Waals surface area contributed by atoms with Gasteiger partial charge in [-0.1, -0.05) is 53.5 Å². The van der Waals surface area contributed by atoms with Crippen molar-refractivity contribution >= 4 is 40.7 Å². The molecule has 2 aromatic carbocycles. The fourth-order valence-corrected chi connectivity index (χ4v) is 2.60. The molecule has 0 aliphatic rings. The number of rotatable bonds is 7. The SMILES string of the molecule is Clc1ccc(Nc2nncc(NCCCc3ccccc3)n2)cc1Cl. The van der Waals surface area contributed by atoms with Gasteiger partial charge in [0.05, 0.1) is 16.2 Å². The Bertz CT molecular complexity index is 827. The van der Waals surface area contributed by atoms with E-state index >= 15 is 0 Å². The van der Waals surface area contributed by atoms with Crippen LogP contribution in [0.5, 0.6) is 0 Å². The summed E-state index contributed by atoms with van der Waals surface area (Å²) < 4.78 is 0. The van der Waals surface area contributed by atoms with Crippen molar-refractivity contribution in [3.8, 4) is 0 Å². The van der Waals surface area contributed by atoms with E-state index in [9.17, 15) is 0 Å². The molecule has 0 unspecified atom stereocenters. The third-order valence-corrected chi connectivity index (χ3v) is 4.26. The van der Waals surface area contributed by atoms with Crippen LogP contribution in [0.4, 0.5) is 17.5 Å². The summed E-state index contributed by atoms with van der Waals surface area (Å²) in [5, 5.41) is 15.2. The molecule has 0 fully saturated rings. The van der Waals surface area contributed by atoms with Crippen LogP contribution in [0.3, 0.4) is 0 Å². The maximum Gasteiger partial charge on any atom is 0.249 e. The summed E-state index contributed by atoms with van der Waals surface area (Å²) in [6.45, 7) is 0.805. The van der Waals surface area contributed by atoms with E-state index in [4.69, 9.17) is 23.2 Å². The van der Waals surface area contributed by atoms with E-state index in [0.717, 1.165) is 25.1 Å². The van der Waals surface area contributed by atoms with Crippen LogP contribution < -0.4 is 10.6 Å². The quantitative estimate of drug-likeness (QED) is 0.572.